The van der Waals surface area contributed by atoms with E-state index < -0.39 is 39.1 Å². The Bertz CT molecular complexity index is 1040. The van der Waals surface area contributed by atoms with Crippen LogP contribution in [0.1, 0.15) is 16.7 Å². The largest absolute Gasteiger partial charge is 0.416 e. The van der Waals surface area contributed by atoms with Gasteiger partial charge in [0.05, 0.1) is 30.2 Å². The van der Waals surface area contributed by atoms with E-state index in [1.165, 1.54) is 0 Å². The van der Waals surface area contributed by atoms with Crippen LogP contribution in [-0.2, 0) is 38.8 Å². The number of ether oxygens (including phenoxy) is 1. The van der Waals surface area contributed by atoms with Gasteiger partial charge in [-0.15, -0.1) is 0 Å². The van der Waals surface area contributed by atoms with E-state index in [1.54, 1.807) is 0 Å². The van der Waals surface area contributed by atoms with Gasteiger partial charge in [-0.25, -0.2) is 13.1 Å². The highest BCUT2D eigenvalue weighted by atomic mass is 32.2. The highest BCUT2D eigenvalue weighted by Crippen LogP contribution is 2.30. The van der Waals surface area contributed by atoms with E-state index >= 15 is 0 Å². The van der Waals surface area contributed by atoms with Crippen molar-refractivity contribution in [1.82, 2.24) is 14.9 Å². The van der Waals surface area contributed by atoms with E-state index in [9.17, 15) is 26.4 Å². The molecule has 1 aliphatic rings. The Kier molecular flexibility index (Phi) is 7.88. The lowest BCUT2D eigenvalue weighted by Gasteiger charge is -2.27. The zero-order valence-corrected chi connectivity index (χ0v) is 18.0. The van der Waals surface area contributed by atoms with E-state index in [0.29, 0.717) is 25.8 Å². The van der Waals surface area contributed by atoms with Gasteiger partial charge < -0.3 is 10.1 Å². The molecule has 2 aromatic carbocycles. The smallest absolute Gasteiger partial charge is 0.379 e. The monoisotopic (exact) mass is 471 g/mol. The third kappa shape index (κ3) is 6.76. The Morgan fingerprint density at radius 2 is 1.72 bits per heavy atom. The van der Waals surface area contributed by atoms with Crippen molar-refractivity contribution in [3.63, 3.8) is 0 Å². The molecule has 3 rings (SSSR count). The Balaban J connectivity index is 1.55. The standard InChI is InChI=1S/C21H24F3N3O4S/c22-21(23,24)18-6-3-7-19(12-18)32(29,30)26-14-20(28)25-13-16-4-1-2-5-17(16)15-27-8-10-31-11-9-27/h1-7,12,26H,8-11,13-15H2,(H,25,28). The van der Waals surface area contributed by atoms with Crippen LogP contribution in [0.2, 0.25) is 0 Å². The molecule has 2 aromatic rings. The Labute approximate surface area is 184 Å². The summed E-state index contributed by atoms with van der Waals surface area (Å²) in [5.74, 6) is -0.596. The maximum Gasteiger partial charge on any atom is 0.416 e. The molecule has 0 spiro atoms. The average Bonchev–Trinajstić information content (AvgIpc) is 2.77. The van der Waals surface area contributed by atoms with Crippen molar-refractivity contribution < 1.29 is 31.1 Å². The highest BCUT2D eigenvalue weighted by molar-refractivity contribution is 7.89. The quantitative estimate of drug-likeness (QED) is 0.616. The molecule has 1 saturated heterocycles. The summed E-state index contributed by atoms with van der Waals surface area (Å²) in [7, 11) is -4.28. The van der Waals surface area contributed by atoms with Crippen LogP contribution in [0.4, 0.5) is 13.2 Å². The zero-order valence-electron chi connectivity index (χ0n) is 17.2. The number of halogens is 3. The third-order valence-corrected chi connectivity index (χ3v) is 6.39. The minimum Gasteiger partial charge on any atom is -0.379 e. The van der Waals surface area contributed by atoms with Crippen molar-refractivity contribution in [1.29, 1.82) is 0 Å². The second kappa shape index (κ2) is 10.4. The van der Waals surface area contributed by atoms with E-state index in [-0.39, 0.29) is 6.54 Å². The number of carbonyl (C=O) groups excluding carboxylic acids is 1. The first kappa shape index (κ1) is 24.2. The van der Waals surface area contributed by atoms with Crippen molar-refractivity contribution in [2.24, 2.45) is 0 Å². The molecular weight excluding hydrogens is 447 g/mol. The summed E-state index contributed by atoms with van der Waals surface area (Å²) in [6, 6.07) is 10.9. The van der Waals surface area contributed by atoms with Gasteiger partial charge in [0.15, 0.2) is 0 Å². The van der Waals surface area contributed by atoms with Crippen LogP contribution in [0.3, 0.4) is 0 Å². The molecule has 0 saturated carbocycles. The molecule has 0 bridgehead atoms. The summed E-state index contributed by atoms with van der Waals surface area (Å²) >= 11 is 0. The molecule has 1 heterocycles. The van der Waals surface area contributed by atoms with Crippen LogP contribution in [0.15, 0.2) is 53.4 Å². The van der Waals surface area contributed by atoms with E-state index in [4.69, 9.17) is 4.74 Å². The van der Waals surface area contributed by atoms with E-state index in [1.807, 2.05) is 29.0 Å². The fourth-order valence-corrected chi connectivity index (χ4v) is 4.25. The fourth-order valence-electron chi connectivity index (χ4n) is 3.22. The minimum absolute atomic E-state index is 0.199. The summed E-state index contributed by atoms with van der Waals surface area (Å²) in [6.07, 6.45) is -4.67. The number of nitrogens with zero attached hydrogens (tertiary/aromatic N) is 1. The fraction of sp³-hybridized carbons (Fsp3) is 0.381. The molecule has 0 aliphatic carbocycles. The van der Waals surface area contributed by atoms with Gasteiger partial charge in [0.1, 0.15) is 0 Å². The number of alkyl halides is 3. The van der Waals surface area contributed by atoms with Gasteiger partial charge in [-0.2, -0.15) is 13.2 Å². The van der Waals surface area contributed by atoms with Crippen LogP contribution >= 0.6 is 0 Å². The van der Waals surface area contributed by atoms with Gasteiger partial charge in [-0.3, -0.25) is 9.69 Å². The number of sulfonamides is 1. The number of amides is 1. The van der Waals surface area contributed by atoms with Crippen LogP contribution < -0.4 is 10.0 Å². The summed E-state index contributed by atoms with van der Waals surface area (Å²) < 4.78 is 70.4. The van der Waals surface area contributed by atoms with Crippen LogP contribution in [-0.4, -0.2) is 52.1 Å². The SMILES string of the molecule is O=C(CNS(=O)(=O)c1cccc(C(F)(F)F)c1)NCc1ccccc1CN1CCOCC1. The molecule has 0 unspecified atom stereocenters. The normalized spacial score (nSPS) is 15.5. The first-order valence-corrected chi connectivity index (χ1v) is 11.4. The topological polar surface area (TPSA) is 87.7 Å². The number of benzene rings is 2. The molecule has 2 N–H and O–H groups in total. The van der Waals surface area contributed by atoms with Gasteiger partial charge in [-0.05, 0) is 29.3 Å². The van der Waals surface area contributed by atoms with Gasteiger partial charge >= 0.3 is 6.18 Å². The predicted octanol–water partition coefficient (Wildman–Crippen LogP) is 2.13. The first-order chi connectivity index (χ1) is 15.1. The van der Waals surface area contributed by atoms with Gasteiger partial charge in [0.25, 0.3) is 0 Å². The van der Waals surface area contributed by atoms with Crippen molar-refractivity contribution in [3.05, 3.63) is 65.2 Å². The predicted molar refractivity (Wildman–Crippen MR) is 111 cm³/mol. The molecule has 0 aromatic heterocycles. The molecule has 0 radical (unpaired) electrons. The second-order valence-corrected chi connectivity index (χ2v) is 9.05. The Morgan fingerprint density at radius 1 is 1.03 bits per heavy atom. The van der Waals surface area contributed by atoms with Crippen LogP contribution in [0, 0.1) is 0 Å². The molecular formula is C21H24F3N3O4S. The molecule has 0 atom stereocenters. The molecule has 11 heteroatoms. The lowest BCUT2D eigenvalue weighted by molar-refractivity contribution is -0.137. The number of hydrogen-bond acceptors (Lipinski definition) is 5. The summed E-state index contributed by atoms with van der Waals surface area (Å²) in [4.78, 5) is 13.9. The average molecular weight is 472 g/mol. The number of morpholine rings is 1. The number of hydrogen-bond donors (Lipinski definition) is 2. The molecule has 32 heavy (non-hydrogen) atoms. The summed E-state index contributed by atoms with van der Waals surface area (Å²) in [5.41, 5.74) is 0.856. The van der Waals surface area contributed by atoms with Gasteiger partial charge in [0, 0.05) is 26.2 Å². The molecule has 174 valence electrons. The van der Waals surface area contributed by atoms with Crippen LogP contribution in [0.25, 0.3) is 0 Å². The van der Waals surface area contributed by atoms with Crippen LogP contribution in [0.5, 0.6) is 0 Å². The minimum atomic E-state index is -4.67. The maximum atomic E-state index is 12.8. The lowest BCUT2D eigenvalue weighted by Crippen LogP contribution is -2.37. The lowest BCUT2D eigenvalue weighted by atomic mass is 10.1. The zero-order chi connectivity index (χ0) is 23.2. The van der Waals surface area contributed by atoms with Crippen molar-refractivity contribution in [2.45, 2.75) is 24.2 Å². The number of rotatable bonds is 8. The maximum absolute atomic E-state index is 12.8. The summed E-state index contributed by atoms with van der Waals surface area (Å²) in [6.45, 7) is 3.29. The Hall–Kier alpha value is -2.47. The Morgan fingerprint density at radius 3 is 2.41 bits per heavy atom. The second-order valence-electron chi connectivity index (χ2n) is 7.28. The van der Waals surface area contributed by atoms with Crippen molar-refractivity contribution >= 4 is 15.9 Å². The first-order valence-electron chi connectivity index (χ1n) is 9.96. The molecule has 1 fully saturated rings. The number of nitrogens with one attached hydrogen (secondary N) is 2. The van der Waals surface area contributed by atoms with Crippen molar-refractivity contribution in [3.8, 4) is 0 Å². The highest BCUT2D eigenvalue weighted by Gasteiger charge is 2.31. The number of carbonyl (C=O) groups is 1. The van der Waals surface area contributed by atoms with E-state index in [0.717, 1.165) is 42.4 Å². The third-order valence-electron chi connectivity index (χ3n) is 4.99. The van der Waals surface area contributed by atoms with E-state index in [2.05, 4.69) is 10.2 Å². The van der Waals surface area contributed by atoms with Crippen molar-refractivity contribution in [2.75, 3.05) is 32.8 Å². The molecule has 1 aliphatic heterocycles. The summed E-state index contributed by atoms with van der Waals surface area (Å²) in [5, 5.41) is 2.65. The molecule has 7 nitrogen and oxygen atoms in total. The molecule has 1 amide bonds. The van der Waals surface area contributed by atoms with Gasteiger partial charge in [-0.1, -0.05) is 30.3 Å². The van der Waals surface area contributed by atoms with Gasteiger partial charge in [0.2, 0.25) is 15.9 Å².